The van der Waals surface area contributed by atoms with Crippen LogP contribution >= 0.6 is 11.6 Å². The molecule has 0 fully saturated rings. The van der Waals surface area contributed by atoms with Crippen molar-refractivity contribution < 1.29 is 13.2 Å². The van der Waals surface area contributed by atoms with Gasteiger partial charge in [-0.15, -0.1) is 0 Å². The Morgan fingerprint density at radius 1 is 1.33 bits per heavy atom. The summed E-state index contributed by atoms with van der Waals surface area (Å²) in [6, 6.07) is 6.42. The van der Waals surface area contributed by atoms with Gasteiger partial charge in [-0.25, -0.2) is 0 Å². The molecule has 5 heteroatoms. The average Bonchev–Trinajstić information content (AvgIpc) is 2.17. The standard InChI is InChI=1S/C10H5ClF3N/c11-9(5-6-15)7-3-1-2-4-8(7)10(12,13)14/h1-5H. The van der Waals surface area contributed by atoms with Crippen LogP contribution in [0.3, 0.4) is 0 Å². The van der Waals surface area contributed by atoms with Crippen molar-refractivity contribution in [1.82, 2.24) is 0 Å². The molecule has 0 radical (unpaired) electrons. The van der Waals surface area contributed by atoms with Gasteiger partial charge in [0.15, 0.2) is 0 Å². The maximum absolute atomic E-state index is 12.5. The summed E-state index contributed by atoms with van der Waals surface area (Å²) in [7, 11) is 0. The van der Waals surface area contributed by atoms with E-state index in [1.54, 1.807) is 6.07 Å². The third kappa shape index (κ3) is 2.74. The first-order valence-corrected chi connectivity index (χ1v) is 4.26. The van der Waals surface area contributed by atoms with E-state index in [1.165, 1.54) is 18.2 Å². The molecule has 0 saturated carbocycles. The molecule has 0 heterocycles. The van der Waals surface area contributed by atoms with Crippen LogP contribution in [0.4, 0.5) is 13.2 Å². The zero-order chi connectivity index (χ0) is 11.5. The van der Waals surface area contributed by atoms with Gasteiger partial charge in [-0.3, -0.25) is 0 Å². The van der Waals surface area contributed by atoms with Gasteiger partial charge in [0.05, 0.1) is 16.7 Å². The lowest BCUT2D eigenvalue weighted by molar-refractivity contribution is -0.137. The fourth-order valence-corrected chi connectivity index (χ4v) is 1.29. The minimum atomic E-state index is -4.47. The molecular formula is C10H5ClF3N. The fraction of sp³-hybridized carbons (Fsp3) is 0.100. The minimum Gasteiger partial charge on any atom is -0.193 e. The predicted molar refractivity (Wildman–Crippen MR) is 50.9 cm³/mol. The van der Waals surface area contributed by atoms with Gasteiger partial charge >= 0.3 is 6.18 Å². The Hall–Kier alpha value is -1.47. The number of halogens is 4. The number of nitrogens with zero attached hydrogens (tertiary/aromatic N) is 1. The smallest absolute Gasteiger partial charge is 0.193 e. The minimum absolute atomic E-state index is 0.187. The number of rotatable bonds is 1. The molecule has 0 amide bonds. The molecule has 0 aliphatic heterocycles. The molecule has 0 bridgehead atoms. The number of alkyl halides is 3. The second-order valence-electron chi connectivity index (χ2n) is 2.66. The first kappa shape index (κ1) is 11.6. The van der Waals surface area contributed by atoms with Crippen molar-refractivity contribution in [2.45, 2.75) is 6.18 Å². The molecule has 0 spiro atoms. The molecule has 1 aromatic carbocycles. The van der Waals surface area contributed by atoms with E-state index in [1.807, 2.05) is 0 Å². The predicted octanol–water partition coefficient (Wildman–Crippen LogP) is 3.81. The summed E-state index contributed by atoms with van der Waals surface area (Å²) in [5.74, 6) is 0. The van der Waals surface area contributed by atoms with E-state index in [4.69, 9.17) is 16.9 Å². The van der Waals surface area contributed by atoms with Crippen molar-refractivity contribution in [3.05, 3.63) is 41.5 Å². The lowest BCUT2D eigenvalue weighted by Crippen LogP contribution is -2.07. The van der Waals surface area contributed by atoms with Gasteiger partial charge in [-0.1, -0.05) is 29.8 Å². The molecule has 1 aromatic rings. The topological polar surface area (TPSA) is 23.8 Å². The highest BCUT2D eigenvalue weighted by Crippen LogP contribution is 2.35. The summed E-state index contributed by atoms with van der Waals surface area (Å²) in [6.45, 7) is 0. The third-order valence-electron chi connectivity index (χ3n) is 1.68. The third-order valence-corrected chi connectivity index (χ3v) is 1.99. The summed E-state index contributed by atoms with van der Waals surface area (Å²) >= 11 is 5.56. The summed E-state index contributed by atoms with van der Waals surface area (Å²) in [5, 5.41) is 8.08. The van der Waals surface area contributed by atoms with Crippen molar-refractivity contribution in [2.24, 2.45) is 0 Å². The molecule has 78 valence electrons. The van der Waals surface area contributed by atoms with E-state index >= 15 is 0 Å². The molecule has 0 atom stereocenters. The second-order valence-corrected chi connectivity index (χ2v) is 3.07. The van der Waals surface area contributed by atoms with Crippen LogP contribution < -0.4 is 0 Å². The SMILES string of the molecule is N#CC=C(Cl)c1ccccc1C(F)(F)F. The van der Waals surface area contributed by atoms with Crippen LogP contribution in [0.1, 0.15) is 11.1 Å². The van der Waals surface area contributed by atoms with E-state index in [9.17, 15) is 13.2 Å². The molecule has 0 unspecified atom stereocenters. The molecule has 15 heavy (non-hydrogen) atoms. The molecule has 0 saturated heterocycles. The molecule has 0 aromatic heterocycles. The van der Waals surface area contributed by atoms with Crippen LogP contribution in [0, 0.1) is 11.3 Å². The highest BCUT2D eigenvalue weighted by atomic mass is 35.5. The molecule has 0 aliphatic carbocycles. The average molecular weight is 232 g/mol. The Kier molecular flexibility index (Phi) is 3.38. The number of hydrogen-bond acceptors (Lipinski definition) is 1. The van der Waals surface area contributed by atoms with Gasteiger partial charge in [-0.05, 0) is 6.07 Å². The van der Waals surface area contributed by atoms with Gasteiger partial charge in [0.2, 0.25) is 0 Å². The molecule has 1 rings (SSSR count). The Morgan fingerprint density at radius 2 is 1.93 bits per heavy atom. The van der Waals surface area contributed by atoms with Crippen molar-refractivity contribution in [1.29, 1.82) is 5.26 Å². The van der Waals surface area contributed by atoms with Crippen LogP contribution in [-0.4, -0.2) is 0 Å². The number of nitriles is 1. The Labute approximate surface area is 89.4 Å². The van der Waals surface area contributed by atoms with E-state index in [2.05, 4.69) is 0 Å². The monoisotopic (exact) mass is 231 g/mol. The van der Waals surface area contributed by atoms with E-state index in [0.717, 1.165) is 12.1 Å². The molecule has 1 nitrogen and oxygen atoms in total. The summed E-state index contributed by atoms with van der Waals surface area (Å²) in [4.78, 5) is 0. The van der Waals surface area contributed by atoms with Gasteiger partial charge in [0.25, 0.3) is 0 Å². The number of hydrogen-bond donors (Lipinski definition) is 0. The number of allylic oxidation sites excluding steroid dienone is 1. The highest BCUT2D eigenvalue weighted by molar-refractivity contribution is 6.49. The number of benzene rings is 1. The first-order valence-electron chi connectivity index (χ1n) is 3.88. The Morgan fingerprint density at radius 3 is 2.47 bits per heavy atom. The first-order chi connectivity index (χ1) is 6.96. The quantitative estimate of drug-likeness (QED) is 0.675. The normalized spacial score (nSPS) is 12.3. The van der Waals surface area contributed by atoms with Gasteiger partial charge in [0.1, 0.15) is 0 Å². The summed E-state index contributed by atoms with van der Waals surface area (Å²) in [6.07, 6.45) is -3.61. The molecule has 0 aliphatic rings. The van der Waals surface area contributed by atoms with E-state index < -0.39 is 11.7 Å². The molecular weight excluding hydrogens is 227 g/mol. The Bertz CT molecular complexity index is 429. The van der Waals surface area contributed by atoms with Crippen molar-refractivity contribution >= 4 is 16.6 Å². The Balaban J connectivity index is 3.32. The fourth-order valence-electron chi connectivity index (χ4n) is 1.07. The lowest BCUT2D eigenvalue weighted by atomic mass is 10.1. The molecule has 0 N–H and O–H groups in total. The zero-order valence-electron chi connectivity index (χ0n) is 7.35. The maximum atomic E-state index is 12.5. The van der Waals surface area contributed by atoms with Crippen molar-refractivity contribution in [2.75, 3.05) is 0 Å². The highest BCUT2D eigenvalue weighted by Gasteiger charge is 2.33. The van der Waals surface area contributed by atoms with Crippen LogP contribution in [0.5, 0.6) is 0 Å². The largest absolute Gasteiger partial charge is 0.417 e. The van der Waals surface area contributed by atoms with Crippen LogP contribution in [0.25, 0.3) is 5.03 Å². The van der Waals surface area contributed by atoms with E-state index in [0.29, 0.717) is 0 Å². The summed E-state index contributed by atoms with van der Waals surface area (Å²) in [5.41, 5.74) is -1.03. The van der Waals surface area contributed by atoms with Crippen LogP contribution in [0.2, 0.25) is 0 Å². The van der Waals surface area contributed by atoms with Crippen LogP contribution in [-0.2, 0) is 6.18 Å². The van der Waals surface area contributed by atoms with Gasteiger partial charge in [0, 0.05) is 11.6 Å². The van der Waals surface area contributed by atoms with Crippen LogP contribution in [0.15, 0.2) is 30.3 Å². The van der Waals surface area contributed by atoms with Crippen molar-refractivity contribution in [3.63, 3.8) is 0 Å². The van der Waals surface area contributed by atoms with Gasteiger partial charge in [-0.2, -0.15) is 18.4 Å². The lowest BCUT2D eigenvalue weighted by Gasteiger charge is -2.11. The summed E-state index contributed by atoms with van der Waals surface area (Å²) < 4.78 is 37.4. The van der Waals surface area contributed by atoms with Gasteiger partial charge < -0.3 is 0 Å². The second kappa shape index (κ2) is 4.37. The van der Waals surface area contributed by atoms with E-state index in [-0.39, 0.29) is 10.6 Å². The van der Waals surface area contributed by atoms with Crippen molar-refractivity contribution in [3.8, 4) is 6.07 Å². The maximum Gasteiger partial charge on any atom is 0.417 e. The zero-order valence-corrected chi connectivity index (χ0v) is 8.10.